The molecule has 33 heavy (non-hydrogen) atoms. The third-order valence-corrected chi connectivity index (χ3v) is 10.9. The summed E-state index contributed by atoms with van der Waals surface area (Å²) in [5.74, 6) is 4.78. The quantitative estimate of drug-likeness (QED) is 0.394. The molecule has 2 saturated carbocycles. The second kappa shape index (κ2) is 11.4. The molecule has 0 heterocycles. The van der Waals surface area contributed by atoms with E-state index in [9.17, 15) is 9.59 Å². The van der Waals surface area contributed by atoms with Crippen LogP contribution < -0.4 is 0 Å². The van der Waals surface area contributed by atoms with Gasteiger partial charge >= 0.3 is 0 Å². The van der Waals surface area contributed by atoms with Gasteiger partial charge in [0.2, 0.25) is 0 Å². The molecule has 2 rings (SSSR count). The predicted octanol–water partition coefficient (Wildman–Crippen LogP) is 9.01. The summed E-state index contributed by atoms with van der Waals surface area (Å²) in [5, 5.41) is 0. The second-order valence-electron chi connectivity index (χ2n) is 14.0. The molecule has 2 aliphatic rings. The van der Waals surface area contributed by atoms with E-state index in [1.165, 1.54) is 25.7 Å². The van der Waals surface area contributed by atoms with Crippen LogP contribution in [0.15, 0.2) is 0 Å². The van der Waals surface area contributed by atoms with Crippen LogP contribution in [-0.2, 0) is 9.59 Å². The summed E-state index contributed by atoms with van der Waals surface area (Å²) in [5.41, 5.74) is 0.777. The molecule has 0 aromatic carbocycles. The molecule has 0 aromatic heterocycles. The van der Waals surface area contributed by atoms with Crippen molar-refractivity contribution in [3.05, 3.63) is 0 Å². The van der Waals surface area contributed by atoms with Crippen molar-refractivity contribution in [1.82, 2.24) is 0 Å². The SMILES string of the molecule is CC(=O)CC(C)C1(C)[C@H](C)CCC(C)C1(C)C.CC(C)CC(=O)C1C(C)CCC(C)C1(C)C. The average Bonchev–Trinajstić information content (AvgIpc) is 2.66. The summed E-state index contributed by atoms with van der Waals surface area (Å²) in [7, 11) is 0. The van der Waals surface area contributed by atoms with Crippen molar-refractivity contribution in [1.29, 1.82) is 0 Å². The largest absolute Gasteiger partial charge is 0.300 e. The third-order valence-electron chi connectivity index (χ3n) is 10.9. The van der Waals surface area contributed by atoms with E-state index < -0.39 is 0 Å². The Morgan fingerprint density at radius 2 is 1.24 bits per heavy atom. The van der Waals surface area contributed by atoms with Gasteiger partial charge < -0.3 is 4.79 Å². The van der Waals surface area contributed by atoms with Gasteiger partial charge in [0.1, 0.15) is 11.6 Å². The van der Waals surface area contributed by atoms with E-state index in [1.54, 1.807) is 6.92 Å². The van der Waals surface area contributed by atoms with Gasteiger partial charge in [-0.05, 0) is 84.4 Å². The molecule has 6 unspecified atom stereocenters. The van der Waals surface area contributed by atoms with Crippen molar-refractivity contribution >= 4 is 11.6 Å². The van der Waals surface area contributed by atoms with Crippen molar-refractivity contribution in [2.75, 3.05) is 0 Å². The van der Waals surface area contributed by atoms with Crippen LogP contribution in [0.25, 0.3) is 0 Å². The molecular formula is C31H58O2. The van der Waals surface area contributed by atoms with Crippen LogP contribution in [0.2, 0.25) is 0 Å². The number of Topliss-reactive ketones (excluding diaryl/α,β-unsaturated/α-hetero) is 2. The van der Waals surface area contributed by atoms with Gasteiger partial charge in [0.05, 0.1) is 0 Å². The maximum Gasteiger partial charge on any atom is 0.137 e. The van der Waals surface area contributed by atoms with E-state index >= 15 is 0 Å². The van der Waals surface area contributed by atoms with Crippen LogP contribution in [0.1, 0.15) is 129 Å². The first-order chi connectivity index (χ1) is 14.9. The summed E-state index contributed by atoms with van der Waals surface area (Å²) in [6.07, 6.45) is 6.63. The molecule has 2 heteroatoms. The van der Waals surface area contributed by atoms with Gasteiger partial charge in [-0.2, -0.15) is 0 Å². The molecule has 2 fully saturated rings. The number of ketones is 2. The van der Waals surface area contributed by atoms with Crippen molar-refractivity contribution in [2.24, 2.45) is 57.7 Å². The summed E-state index contributed by atoms with van der Waals surface area (Å²) in [4.78, 5) is 23.8. The molecular weight excluding hydrogens is 404 g/mol. The predicted molar refractivity (Wildman–Crippen MR) is 143 cm³/mol. The molecule has 2 aliphatic carbocycles. The van der Waals surface area contributed by atoms with Crippen LogP contribution in [0.4, 0.5) is 0 Å². The zero-order chi connectivity index (χ0) is 25.9. The van der Waals surface area contributed by atoms with Crippen molar-refractivity contribution < 1.29 is 9.59 Å². The number of hydrogen-bond donors (Lipinski definition) is 0. The van der Waals surface area contributed by atoms with Gasteiger partial charge in [-0.15, -0.1) is 0 Å². The Morgan fingerprint density at radius 1 is 0.758 bits per heavy atom. The number of carbonyl (C=O) groups excluding carboxylic acids is 2. The van der Waals surface area contributed by atoms with Gasteiger partial charge in [-0.25, -0.2) is 0 Å². The fraction of sp³-hybridized carbons (Fsp3) is 0.935. The molecule has 0 bridgehead atoms. The maximum absolute atomic E-state index is 12.4. The van der Waals surface area contributed by atoms with E-state index in [1.807, 2.05) is 0 Å². The Labute approximate surface area is 207 Å². The zero-order valence-electron chi connectivity index (χ0n) is 24.6. The minimum absolute atomic E-state index is 0.184. The van der Waals surface area contributed by atoms with Gasteiger partial charge in [-0.1, -0.05) is 83.1 Å². The van der Waals surface area contributed by atoms with E-state index in [0.717, 1.165) is 18.8 Å². The van der Waals surface area contributed by atoms with Crippen LogP contribution >= 0.6 is 0 Å². The smallest absolute Gasteiger partial charge is 0.137 e. The van der Waals surface area contributed by atoms with Crippen LogP contribution in [0.5, 0.6) is 0 Å². The number of rotatable bonds is 6. The lowest BCUT2D eigenvalue weighted by molar-refractivity contribution is -0.133. The normalized spacial score (nSPS) is 36.5. The topological polar surface area (TPSA) is 34.1 Å². The van der Waals surface area contributed by atoms with Crippen molar-refractivity contribution in [2.45, 2.75) is 129 Å². The Hall–Kier alpha value is -0.660. The highest BCUT2D eigenvalue weighted by atomic mass is 16.1. The van der Waals surface area contributed by atoms with Crippen LogP contribution in [0.3, 0.4) is 0 Å². The molecule has 0 radical (unpaired) electrons. The maximum atomic E-state index is 12.4. The van der Waals surface area contributed by atoms with E-state index in [4.69, 9.17) is 0 Å². The lowest BCUT2D eigenvalue weighted by atomic mass is 9.46. The highest BCUT2D eigenvalue weighted by Crippen LogP contribution is 2.60. The van der Waals surface area contributed by atoms with Crippen LogP contribution in [-0.4, -0.2) is 11.6 Å². The Morgan fingerprint density at radius 3 is 1.73 bits per heavy atom. The highest BCUT2D eigenvalue weighted by Gasteiger charge is 2.53. The van der Waals surface area contributed by atoms with Crippen molar-refractivity contribution in [3.8, 4) is 0 Å². The lowest BCUT2D eigenvalue weighted by Crippen LogP contribution is -2.52. The Bertz CT molecular complexity index is 658. The molecule has 0 amide bonds. The molecule has 0 N–H and O–H groups in total. The summed E-state index contributed by atoms with van der Waals surface area (Å²) < 4.78 is 0. The first-order valence-electron chi connectivity index (χ1n) is 13.9. The average molecular weight is 463 g/mol. The Kier molecular flexibility index (Phi) is 10.5. The van der Waals surface area contributed by atoms with Gasteiger partial charge in [-0.3, -0.25) is 4.79 Å². The van der Waals surface area contributed by atoms with Crippen molar-refractivity contribution in [3.63, 3.8) is 0 Å². The molecule has 2 nitrogen and oxygen atoms in total. The zero-order valence-corrected chi connectivity index (χ0v) is 24.6. The second-order valence-corrected chi connectivity index (χ2v) is 14.0. The first-order valence-corrected chi connectivity index (χ1v) is 13.9. The fourth-order valence-corrected chi connectivity index (χ4v) is 7.44. The summed E-state index contributed by atoms with van der Waals surface area (Å²) in [6, 6.07) is 0. The fourth-order valence-electron chi connectivity index (χ4n) is 7.44. The monoisotopic (exact) mass is 462 g/mol. The minimum atomic E-state index is 0.184. The Balaban J connectivity index is 0.000000331. The third kappa shape index (κ3) is 6.52. The minimum Gasteiger partial charge on any atom is -0.300 e. The van der Waals surface area contributed by atoms with E-state index in [2.05, 4.69) is 83.1 Å². The highest BCUT2D eigenvalue weighted by molar-refractivity contribution is 5.82. The van der Waals surface area contributed by atoms with E-state index in [0.29, 0.717) is 46.6 Å². The molecule has 7 atom stereocenters. The van der Waals surface area contributed by atoms with Crippen LogP contribution in [0, 0.1) is 57.7 Å². The molecule has 0 spiro atoms. The first kappa shape index (κ1) is 30.4. The van der Waals surface area contributed by atoms with Gasteiger partial charge in [0.25, 0.3) is 0 Å². The number of carbonyl (C=O) groups is 2. The summed E-state index contributed by atoms with van der Waals surface area (Å²) >= 11 is 0. The lowest BCUT2D eigenvalue weighted by Gasteiger charge is -2.58. The molecule has 194 valence electrons. The molecule has 0 aromatic rings. The standard InChI is InChI=1S/C16H30O.C15H28O/c1-11-8-9-12(2)16(7,15(11,5)6)13(3)10-14(4)17;1-10(2)9-13(16)14-11(3)7-8-12(4)15(14,5)6/h11-13H,8-10H2,1-7H3;10-12,14H,7-9H2,1-6H3/t11?,12-,13?,16?;/m1./s1. The molecule has 0 aliphatic heterocycles. The number of hydrogen-bond acceptors (Lipinski definition) is 2. The van der Waals surface area contributed by atoms with Gasteiger partial charge in [0.15, 0.2) is 0 Å². The van der Waals surface area contributed by atoms with E-state index in [-0.39, 0.29) is 16.7 Å². The molecule has 0 saturated heterocycles. The van der Waals surface area contributed by atoms with Gasteiger partial charge in [0, 0.05) is 18.8 Å². The summed E-state index contributed by atoms with van der Waals surface area (Å²) in [6.45, 7) is 29.4.